The molecule has 0 unspecified atom stereocenters. The molecule has 2 saturated heterocycles. The molecule has 0 radical (unpaired) electrons. The van der Waals surface area contributed by atoms with Crippen molar-refractivity contribution < 1.29 is 9.53 Å². The monoisotopic (exact) mass is 316 g/mol. The smallest absolute Gasteiger partial charge is 0.241 e. The Labute approximate surface area is 139 Å². The van der Waals surface area contributed by atoms with Crippen molar-refractivity contribution in [3.8, 4) is 0 Å². The number of nitrogens with zero attached hydrogens (tertiary/aromatic N) is 1. The Bertz CT molecular complexity index is 552. The highest BCUT2D eigenvalue weighted by Crippen LogP contribution is 2.29. The highest BCUT2D eigenvalue weighted by molar-refractivity contribution is 5.95. The molecule has 3 rings (SSSR count). The van der Waals surface area contributed by atoms with E-state index in [0.717, 1.165) is 49.4 Å². The minimum absolute atomic E-state index is 0.0950. The van der Waals surface area contributed by atoms with Gasteiger partial charge in [-0.1, -0.05) is 18.2 Å². The average molecular weight is 316 g/mol. The fourth-order valence-corrected chi connectivity index (χ4v) is 3.87. The van der Waals surface area contributed by atoms with E-state index in [1.54, 1.807) is 0 Å². The maximum Gasteiger partial charge on any atom is 0.241 e. The number of piperidine rings is 1. The largest absolute Gasteiger partial charge is 0.378 e. The third kappa shape index (κ3) is 3.59. The van der Waals surface area contributed by atoms with E-state index < -0.39 is 0 Å². The summed E-state index contributed by atoms with van der Waals surface area (Å²) in [5.41, 5.74) is 3.19. The van der Waals surface area contributed by atoms with Gasteiger partial charge in [0, 0.05) is 25.4 Å². The first-order valence-corrected chi connectivity index (χ1v) is 8.79. The average Bonchev–Trinajstić information content (AvgIpc) is 2.57. The van der Waals surface area contributed by atoms with E-state index in [1.165, 1.54) is 6.42 Å². The lowest BCUT2D eigenvalue weighted by molar-refractivity contribution is -0.124. The van der Waals surface area contributed by atoms with Gasteiger partial charge in [-0.15, -0.1) is 0 Å². The molecule has 23 heavy (non-hydrogen) atoms. The molecule has 1 amide bonds. The van der Waals surface area contributed by atoms with E-state index in [1.807, 2.05) is 39.0 Å². The number of para-hydroxylation sites is 1. The second-order valence-electron chi connectivity index (χ2n) is 7.03. The Morgan fingerprint density at radius 1 is 1.30 bits per heavy atom. The van der Waals surface area contributed by atoms with E-state index in [4.69, 9.17) is 4.74 Å². The number of likely N-dealkylation sites (tertiary alicyclic amines) is 1. The fraction of sp³-hybridized carbons (Fsp3) is 0.632. The van der Waals surface area contributed by atoms with Crippen LogP contribution in [0.25, 0.3) is 0 Å². The van der Waals surface area contributed by atoms with Gasteiger partial charge in [-0.2, -0.15) is 0 Å². The fourth-order valence-electron chi connectivity index (χ4n) is 3.87. The molecule has 2 aliphatic heterocycles. The first-order valence-electron chi connectivity index (χ1n) is 8.79. The number of fused-ring (bicyclic) bond motifs is 1. The maximum absolute atomic E-state index is 12.7. The van der Waals surface area contributed by atoms with Gasteiger partial charge >= 0.3 is 0 Å². The van der Waals surface area contributed by atoms with Gasteiger partial charge in [0.2, 0.25) is 5.91 Å². The van der Waals surface area contributed by atoms with Gasteiger partial charge in [0.1, 0.15) is 0 Å². The molecule has 0 bridgehead atoms. The predicted octanol–water partition coefficient (Wildman–Crippen LogP) is 3.13. The lowest BCUT2D eigenvalue weighted by atomic mass is 9.88. The van der Waals surface area contributed by atoms with Crippen LogP contribution in [0.2, 0.25) is 0 Å². The molecule has 4 heteroatoms. The number of nitrogens with one attached hydrogen (secondary N) is 1. The van der Waals surface area contributed by atoms with Gasteiger partial charge in [0.15, 0.2) is 0 Å². The number of hydrogen-bond donors (Lipinski definition) is 1. The zero-order chi connectivity index (χ0) is 16.4. The number of ether oxygens (including phenoxy) is 1. The van der Waals surface area contributed by atoms with Crippen LogP contribution < -0.4 is 5.32 Å². The molecule has 2 aliphatic rings. The molecule has 1 aromatic rings. The Morgan fingerprint density at radius 3 is 2.78 bits per heavy atom. The molecule has 0 aromatic heterocycles. The molecule has 2 fully saturated rings. The van der Waals surface area contributed by atoms with E-state index in [-0.39, 0.29) is 11.9 Å². The molecule has 3 atom stereocenters. The van der Waals surface area contributed by atoms with Crippen LogP contribution in [0.4, 0.5) is 5.69 Å². The molecule has 0 spiro atoms. The number of amides is 1. The first-order chi connectivity index (χ1) is 11.1. The van der Waals surface area contributed by atoms with Gasteiger partial charge in [0.25, 0.3) is 0 Å². The van der Waals surface area contributed by atoms with Crippen LogP contribution in [0.5, 0.6) is 0 Å². The van der Waals surface area contributed by atoms with Gasteiger partial charge < -0.3 is 10.1 Å². The molecule has 4 nitrogen and oxygen atoms in total. The Balaban J connectivity index is 1.63. The third-order valence-electron chi connectivity index (χ3n) is 5.40. The summed E-state index contributed by atoms with van der Waals surface area (Å²) in [5, 5.41) is 3.14. The summed E-state index contributed by atoms with van der Waals surface area (Å²) < 4.78 is 5.87. The van der Waals surface area contributed by atoms with Crippen LogP contribution in [0.3, 0.4) is 0 Å². The molecule has 0 aliphatic carbocycles. The van der Waals surface area contributed by atoms with Crippen molar-refractivity contribution in [2.45, 2.75) is 52.2 Å². The lowest BCUT2D eigenvalue weighted by Gasteiger charge is -2.42. The van der Waals surface area contributed by atoms with Crippen LogP contribution in [-0.2, 0) is 9.53 Å². The van der Waals surface area contributed by atoms with Crippen LogP contribution >= 0.6 is 0 Å². The maximum atomic E-state index is 12.7. The molecule has 0 saturated carbocycles. The van der Waals surface area contributed by atoms with Gasteiger partial charge in [-0.25, -0.2) is 0 Å². The number of hydrogen-bond acceptors (Lipinski definition) is 3. The molecule has 1 aromatic carbocycles. The van der Waals surface area contributed by atoms with Crippen LogP contribution in [-0.4, -0.2) is 42.6 Å². The van der Waals surface area contributed by atoms with Crippen molar-refractivity contribution >= 4 is 11.6 Å². The van der Waals surface area contributed by atoms with Gasteiger partial charge in [0.05, 0.1) is 12.1 Å². The Morgan fingerprint density at radius 2 is 2.04 bits per heavy atom. The van der Waals surface area contributed by atoms with Gasteiger partial charge in [-0.05, 0) is 57.1 Å². The van der Waals surface area contributed by atoms with E-state index in [9.17, 15) is 4.79 Å². The molecule has 1 N–H and O–H groups in total. The first kappa shape index (κ1) is 16.5. The van der Waals surface area contributed by atoms with E-state index in [2.05, 4.69) is 10.2 Å². The third-order valence-corrected chi connectivity index (χ3v) is 5.40. The number of anilines is 1. The molecular formula is C19H28N2O2. The van der Waals surface area contributed by atoms with Crippen molar-refractivity contribution in [1.82, 2.24) is 4.90 Å². The molecule has 2 heterocycles. The zero-order valence-electron chi connectivity index (χ0n) is 14.5. The quantitative estimate of drug-likeness (QED) is 0.931. The second-order valence-corrected chi connectivity index (χ2v) is 7.03. The minimum atomic E-state index is -0.100. The topological polar surface area (TPSA) is 41.6 Å². The molecule has 126 valence electrons. The zero-order valence-corrected chi connectivity index (χ0v) is 14.5. The van der Waals surface area contributed by atoms with Crippen molar-refractivity contribution in [2.24, 2.45) is 5.92 Å². The summed E-state index contributed by atoms with van der Waals surface area (Å²) in [7, 11) is 0. The number of rotatable bonds is 3. The normalized spacial score (nSPS) is 26.4. The van der Waals surface area contributed by atoms with Crippen molar-refractivity contribution in [1.29, 1.82) is 0 Å². The lowest BCUT2D eigenvalue weighted by Crippen LogP contribution is -2.52. The summed E-state index contributed by atoms with van der Waals surface area (Å²) in [4.78, 5) is 15.0. The predicted molar refractivity (Wildman–Crippen MR) is 92.7 cm³/mol. The summed E-state index contributed by atoms with van der Waals surface area (Å²) in [6, 6.07) is 6.00. The summed E-state index contributed by atoms with van der Waals surface area (Å²) >= 11 is 0. The summed E-state index contributed by atoms with van der Waals surface area (Å²) in [5.74, 6) is 0.686. The summed E-state index contributed by atoms with van der Waals surface area (Å²) in [6.07, 6.45) is 3.84. The van der Waals surface area contributed by atoms with Gasteiger partial charge in [-0.3, -0.25) is 9.69 Å². The second kappa shape index (κ2) is 7.02. The van der Waals surface area contributed by atoms with Crippen LogP contribution in [0.15, 0.2) is 18.2 Å². The Kier molecular flexibility index (Phi) is 5.02. The van der Waals surface area contributed by atoms with E-state index >= 15 is 0 Å². The highest BCUT2D eigenvalue weighted by Gasteiger charge is 2.35. The Hall–Kier alpha value is -1.39. The SMILES string of the molecule is Cc1cccc(C)c1NC(=O)[C@H](C)N1CC[C@H]2OCCC[C@H]2C1. The van der Waals surface area contributed by atoms with Crippen molar-refractivity contribution in [3.63, 3.8) is 0 Å². The number of carbonyl (C=O) groups is 1. The van der Waals surface area contributed by atoms with Crippen LogP contribution in [0, 0.1) is 19.8 Å². The van der Waals surface area contributed by atoms with Crippen LogP contribution in [0.1, 0.15) is 37.3 Å². The van der Waals surface area contributed by atoms with Crippen molar-refractivity contribution in [2.75, 3.05) is 25.0 Å². The standard InChI is InChI=1S/C19H28N2O2/c1-13-6-4-7-14(2)18(13)20-19(22)15(3)21-10-9-17-16(12-21)8-5-11-23-17/h4,6-7,15-17H,5,8-12H2,1-3H3,(H,20,22)/t15-,16-,17+/m0/s1. The number of benzene rings is 1. The minimum Gasteiger partial charge on any atom is -0.378 e. The summed E-state index contributed by atoms with van der Waals surface area (Å²) in [6.45, 7) is 8.93. The number of carbonyl (C=O) groups excluding carboxylic acids is 1. The highest BCUT2D eigenvalue weighted by atomic mass is 16.5. The van der Waals surface area contributed by atoms with Crippen molar-refractivity contribution in [3.05, 3.63) is 29.3 Å². The number of aryl methyl sites for hydroxylation is 2. The molecular weight excluding hydrogens is 288 g/mol. The van der Waals surface area contributed by atoms with E-state index in [0.29, 0.717) is 12.0 Å².